The molecular weight excluding hydrogens is 1150 g/mol. The number of hydrogen-bond donors (Lipinski definition) is 6. The molecule has 1 rings (SSSR count). The van der Waals surface area contributed by atoms with Gasteiger partial charge in [0.05, 0.1) is 25.4 Å². The zero-order chi connectivity index (χ0) is 67.1. The number of carbonyl (C=O) groups excluding carboxylic acids is 1. The highest BCUT2D eigenvalue weighted by atomic mass is 16.7. The van der Waals surface area contributed by atoms with Crippen molar-refractivity contribution in [1.29, 1.82) is 0 Å². The van der Waals surface area contributed by atoms with Crippen LogP contribution in [0.15, 0.2) is 72.9 Å². The minimum Gasteiger partial charge on any atom is -0.394 e. The van der Waals surface area contributed by atoms with E-state index in [1.54, 1.807) is 6.08 Å². The maximum Gasteiger partial charge on any atom is 0.220 e. The number of unbranched alkanes of at least 4 members (excludes halogenated alkanes) is 52. The van der Waals surface area contributed by atoms with Crippen molar-refractivity contribution in [1.82, 2.24) is 5.32 Å². The molecule has 1 aliphatic heterocycles. The summed E-state index contributed by atoms with van der Waals surface area (Å²) in [5.74, 6) is -0.169. The zero-order valence-corrected chi connectivity index (χ0v) is 61.3. The standard InChI is InChI=1S/C84H155NO8/c1-3-5-7-9-11-13-15-17-19-21-23-25-27-29-31-33-35-36-37-38-39-40-41-42-44-46-48-50-52-54-56-58-60-62-64-66-68-70-72-74-80(88)85-77(76-92-84-83(91)82(90)81(89)79(75-86)93-84)78(87)73-71-69-67-65-63-61-59-57-55-53-51-49-47-45-43-34-32-30-28-26-24-22-20-18-16-14-12-10-8-6-4-2/h5,7,11,13,17,19,23,25,29,31,71,73,77-79,81-84,86-87,89-91H,3-4,6,8-10,12,14-16,18,20-22,24,26-28,30,32-70,72,74-76H2,1-2H3,(H,85,88)/b7-5-,13-11-,19-17-,25-23-,31-29-,73-71+. The Kier molecular flexibility index (Phi) is 69.0. The predicted molar refractivity (Wildman–Crippen MR) is 401 cm³/mol. The molecule has 0 saturated carbocycles. The van der Waals surface area contributed by atoms with E-state index in [4.69, 9.17) is 9.47 Å². The molecule has 1 heterocycles. The van der Waals surface area contributed by atoms with E-state index in [0.717, 1.165) is 70.6 Å². The highest BCUT2D eigenvalue weighted by Gasteiger charge is 2.44. The van der Waals surface area contributed by atoms with E-state index in [1.807, 2.05) is 6.08 Å². The van der Waals surface area contributed by atoms with E-state index in [-0.39, 0.29) is 12.5 Å². The average molecular weight is 1310 g/mol. The number of rotatable bonds is 72. The fraction of sp³-hybridized carbons (Fsp3) is 0.845. The van der Waals surface area contributed by atoms with E-state index in [9.17, 15) is 30.3 Å². The Balaban J connectivity index is 2.05. The van der Waals surface area contributed by atoms with Gasteiger partial charge in [-0.1, -0.05) is 401 Å². The minimum atomic E-state index is -1.57. The molecule has 6 N–H and O–H groups in total. The summed E-state index contributed by atoms with van der Waals surface area (Å²) in [5, 5.41) is 54.9. The Labute approximate surface area is 576 Å². The Morgan fingerprint density at radius 2 is 0.667 bits per heavy atom. The third kappa shape index (κ3) is 60.5. The van der Waals surface area contributed by atoms with E-state index in [1.165, 1.54) is 308 Å². The fourth-order valence-electron chi connectivity index (χ4n) is 13.0. The summed E-state index contributed by atoms with van der Waals surface area (Å²) in [6, 6.07) is -0.808. The van der Waals surface area contributed by atoms with Crippen LogP contribution in [0.25, 0.3) is 0 Å². The van der Waals surface area contributed by atoms with Crippen LogP contribution in [-0.4, -0.2) is 87.5 Å². The molecule has 9 heteroatoms. The summed E-state index contributed by atoms with van der Waals surface area (Å²) in [7, 11) is 0. The normalized spacial score (nSPS) is 17.9. The number of allylic oxidation sites excluding steroid dienone is 11. The van der Waals surface area contributed by atoms with Crippen LogP contribution in [0.4, 0.5) is 0 Å². The number of carbonyl (C=O) groups is 1. The largest absolute Gasteiger partial charge is 0.394 e. The monoisotopic (exact) mass is 1310 g/mol. The van der Waals surface area contributed by atoms with Crippen LogP contribution >= 0.6 is 0 Å². The van der Waals surface area contributed by atoms with Crippen molar-refractivity contribution in [3.8, 4) is 0 Å². The van der Waals surface area contributed by atoms with Gasteiger partial charge in [-0.25, -0.2) is 0 Å². The SMILES string of the molecule is CC/C=C\C/C=C\C/C=C\C/C=C\C/C=C\CCCCCCCCCCCCCCCCCCCCCCCCCC(=O)NC(COC1OC(CO)C(O)C(O)C1O)C(O)/C=C/CCCCCCCCCCCCCCCCCCCCCCCCCCCCCCC. The second-order valence-corrected chi connectivity index (χ2v) is 28.2. The molecule has 0 aromatic rings. The molecular formula is C84H155NO8. The van der Waals surface area contributed by atoms with Gasteiger partial charge in [0, 0.05) is 6.42 Å². The van der Waals surface area contributed by atoms with Crippen LogP contribution in [0.2, 0.25) is 0 Å². The number of aliphatic hydroxyl groups excluding tert-OH is 5. The van der Waals surface area contributed by atoms with Gasteiger partial charge in [0.2, 0.25) is 5.91 Å². The van der Waals surface area contributed by atoms with Gasteiger partial charge in [0.25, 0.3) is 0 Å². The molecule has 0 spiro atoms. The van der Waals surface area contributed by atoms with Gasteiger partial charge in [-0.3, -0.25) is 4.79 Å². The molecule has 7 atom stereocenters. The maximum absolute atomic E-state index is 13.2. The molecule has 0 aromatic carbocycles. The van der Waals surface area contributed by atoms with Gasteiger partial charge in [-0.05, 0) is 64.2 Å². The highest BCUT2D eigenvalue weighted by molar-refractivity contribution is 5.76. The fourth-order valence-corrected chi connectivity index (χ4v) is 13.0. The Morgan fingerprint density at radius 1 is 0.376 bits per heavy atom. The summed E-state index contributed by atoms with van der Waals surface area (Å²) < 4.78 is 11.4. The predicted octanol–water partition coefficient (Wildman–Crippen LogP) is 23.4. The first-order chi connectivity index (χ1) is 45.8. The summed E-state index contributed by atoms with van der Waals surface area (Å²) in [4.78, 5) is 13.2. The quantitative estimate of drug-likeness (QED) is 0.0261. The van der Waals surface area contributed by atoms with E-state index in [2.05, 4.69) is 79.9 Å². The summed E-state index contributed by atoms with van der Waals surface area (Å²) >= 11 is 0. The Hall–Kier alpha value is -2.37. The second kappa shape index (κ2) is 72.4. The third-order valence-electron chi connectivity index (χ3n) is 19.3. The molecule has 0 aliphatic carbocycles. The lowest BCUT2D eigenvalue weighted by molar-refractivity contribution is -0.302. The topological polar surface area (TPSA) is 149 Å². The van der Waals surface area contributed by atoms with Crippen LogP contribution in [0.5, 0.6) is 0 Å². The van der Waals surface area contributed by atoms with E-state index in [0.29, 0.717) is 6.42 Å². The van der Waals surface area contributed by atoms with Crippen LogP contribution < -0.4 is 5.32 Å². The number of ether oxygens (including phenoxy) is 2. The number of nitrogens with one attached hydrogen (secondary N) is 1. The first-order valence-electron chi connectivity index (χ1n) is 40.7. The van der Waals surface area contributed by atoms with Crippen molar-refractivity contribution in [2.45, 2.75) is 442 Å². The van der Waals surface area contributed by atoms with Gasteiger partial charge < -0.3 is 40.3 Å². The number of amides is 1. The molecule has 1 aliphatic rings. The first kappa shape index (κ1) is 88.6. The number of hydrogen-bond acceptors (Lipinski definition) is 8. The van der Waals surface area contributed by atoms with E-state index < -0.39 is 49.5 Å². The Morgan fingerprint density at radius 3 is 0.989 bits per heavy atom. The van der Waals surface area contributed by atoms with Crippen LogP contribution in [0, 0.1) is 0 Å². The van der Waals surface area contributed by atoms with Crippen LogP contribution in [0.3, 0.4) is 0 Å². The van der Waals surface area contributed by atoms with Crippen molar-refractivity contribution >= 4 is 5.91 Å². The van der Waals surface area contributed by atoms with Gasteiger partial charge in [0.1, 0.15) is 24.4 Å². The Bertz CT molecular complexity index is 1710. The third-order valence-corrected chi connectivity index (χ3v) is 19.3. The van der Waals surface area contributed by atoms with Crippen molar-refractivity contribution in [2.24, 2.45) is 0 Å². The summed E-state index contributed by atoms with van der Waals surface area (Å²) in [6.07, 6.45) is 96.3. The lowest BCUT2D eigenvalue weighted by Crippen LogP contribution is -2.60. The minimum absolute atomic E-state index is 0.169. The average Bonchev–Trinajstić information content (AvgIpc) is 1.02. The number of aliphatic hydroxyl groups is 5. The lowest BCUT2D eigenvalue weighted by Gasteiger charge is -2.40. The van der Waals surface area contributed by atoms with Crippen molar-refractivity contribution in [3.05, 3.63) is 72.9 Å². The van der Waals surface area contributed by atoms with Crippen molar-refractivity contribution in [2.75, 3.05) is 13.2 Å². The maximum atomic E-state index is 13.2. The molecule has 9 nitrogen and oxygen atoms in total. The van der Waals surface area contributed by atoms with Gasteiger partial charge in [-0.15, -0.1) is 0 Å². The van der Waals surface area contributed by atoms with Crippen molar-refractivity contribution < 1.29 is 39.8 Å². The molecule has 0 bridgehead atoms. The molecule has 7 unspecified atom stereocenters. The molecule has 0 radical (unpaired) electrons. The smallest absolute Gasteiger partial charge is 0.220 e. The highest BCUT2D eigenvalue weighted by Crippen LogP contribution is 2.24. The zero-order valence-electron chi connectivity index (χ0n) is 61.3. The lowest BCUT2D eigenvalue weighted by atomic mass is 9.99. The molecule has 544 valence electrons. The second-order valence-electron chi connectivity index (χ2n) is 28.2. The van der Waals surface area contributed by atoms with E-state index >= 15 is 0 Å². The molecule has 1 fully saturated rings. The first-order valence-corrected chi connectivity index (χ1v) is 40.7. The van der Waals surface area contributed by atoms with Gasteiger partial charge >= 0.3 is 0 Å². The summed E-state index contributed by atoms with van der Waals surface area (Å²) in [6.45, 7) is 3.72. The molecule has 0 aromatic heterocycles. The molecule has 1 saturated heterocycles. The van der Waals surface area contributed by atoms with Gasteiger partial charge in [0.15, 0.2) is 6.29 Å². The van der Waals surface area contributed by atoms with Crippen LogP contribution in [0.1, 0.15) is 399 Å². The van der Waals surface area contributed by atoms with Crippen LogP contribution in [-0.2, 0) is 14.3 Å². The van der Waals surface area contributed by atoms with Crippen molar-refractivity contribution in [3.63, 3.8) is 0 Å². The molecule has 93 heavy (non-hydrogen) atoms. The van der Waals surface area contributed by atoms with Gasteiger partial charge in [-0.2, -0.15) is 0 Å². The summed E-state index contributed by atoms with van der Waals surface area (Å²) in [5.41, 5.74) is 0. The molecule has 1 amide bonds.